The van der Waals surface area contributed by atoms with Crippen LogP contribution in [0.25, 0.3) is 0 Å². The van der Waals surface area contributed by atoms with Gasteiger partial charge in [-0.15, -0.1) is 0 Å². The van der Waals surface area contributed by atoms with Gasteiger partial charge in [0.2, 0.25) is 5.91 Å². The lowest BCUT2D eigenvalue weighted by molar-refractivity contribution is -0.160. The Kier molecular flexibility index (Phi) is 3.91. The average Bonchev–Trinajstić information content (AvgIpc) is 2.53. The fourth-order valence-corrected chi connectivity index (χ4v) is 3.44. The molecular formula is C17H22N2O3. The van der Waals surface area contributed by atoms with Crippen LogP contribution in [0.1, 0.15) is 30.9 Å². The molecule has 5 heteroatoms. The van der Waals surface area contributed by atoms with Crippen LogP contribution in [0.5, 0.6) is 0 Å². The van der Waals surface area contributed by atoms with Gasteiger partial charge in [0.25, 0.3) is 5.91 Å². The Labute approximate surface area is 130 Å². The quantitative estimate of drug-likeness (QED) is 0.840. The second-order valence-corrected chi connectivity index (χ2v) is 6.32. The largest absolute Gasteiger partial charge is 0.378 e. The third-order valence-electron chi connectivity index (χ3n) is 4.73. The van der Waals surface area contributed by atoms with Crippen molar-refractivity contribution >= 4 is 11.8 Å². The Morgan fingerprint density at radius 1 is 1.14 bits per heavy atom. The Bertz CT molecular complexity index is 601. The highest BCUT2D eigenvalue weighted by Gasteiger charge is 2.43. The summed E-state index contributed by atoms with van der Waals surface area (Å²) in [6.45, 7) is 3.37. The van der Waals surface area contributed by atoms with E-state index in [9.17, 15) is 14.7 Å². The first-order chi connectivity index (χ1) is 10.5. The van der Waals surface area contributed by atoms with Gasteiger partial charge in [-0.1, -0.05) is 24.3 Å². The predicted octanol–water partition coefficient (Wildman–Crippen LogP) is 0.945. The minimum absolute atomic E-state index is 0.0880. The molecule has 0 saturated carbocycles. The number of hydrogen-bond donors (Lipinski definition) is 1. The van der Waals surface area contributed by atoms with E-state index < -0.39 is 5.60 Å². The summed E-state index contributed by atoms with van der Waals surface area (Å²) in [4.78, 5) is 27.6. The van der Waals surface area contributed by atoms with Crippen molar-refractivity contribution in [1.82, 2.24) is 9.80 Å². The summed E-state index contributed by atoms with van der Waals surface area (Å²) < 4.78 is 0. The highest BCUT2D eigenvalue weighted by molar-refractivity contribution is 5.86. The van der Waals surface area contributed by atoms with Crippen LogP contribution in [-0.4, -0.2) is 52.0 Å². The number of benzene rings is 1. The Balaban J connectivity index is 1.75. The van der Waals surface area contributed by atoms with Crippen LogP contribution in [0.4, 0.5) is 0 Å². The topological polar surface area (TPSA) is 60.9 Å². The van der Waals surface area contributed by atoms with Gasteiger partial charge in [-0.25, -0.2) is 0 Å². The molecule has 5 nitrogen and oxygen atoms in total. The van der Waals surface area contributed by atoms with E-state index in [1.165, 1.54) is 12.5 Å². The molecule has 1 aromatic carbocycles. The fraction of sp³-hybridized carbons (Fsp3) is 0.529. The standard InChI is InChI=1S/C17H22N2O3/c1-13(20)19-9-4-8-17(22,12-19)16(21)18-10-7-14-5-2-3-6-15(14)11-18/h2-3,5-6,22H,4,7-12H2,1H3/t17-/m0/s1. The van der Waals surface area contributed by atoms with Crippen LogP contribution in [0.2, 0.25) is 0 Å². The lowest BCUT2D eigenvalue weighted by atomic mass is 9.89. The number of aliphatic hydroxyl groups is 1. The molecule has 0 unspecified atom stereocenters. The van der Waals surface area contributed by atoms with Crippen molar-refractivity contribution in [2.24, 2.45) is 0 Å². The zero-order chi connectivity index (χ0) is 15.7. The van der Waals surface area contributed by atoms with E-state index >= 15 is 0 Å². The number of amides is 2. The van der Waals surface area contributed by atoms with Gasteiger partial charge in [0.05, 0.1) is 6.54 Å². The molecule has 1 N–H and O–H groups in total. The van der Waals surface area contributed by atoms with Crippen LogP contribution in [0.3, 0.4) is 0 Å². The van der Waals surface area contributed by atoms with Gasteiger partial charge in [0.15, 0.2) is 5.60 Å². The van der Waals surface area contributed by atoms with Gasteiger partial charge >= 0.3 is 0 Å². The van der Waals surface area contributed by atoms with Crippen LogP contribution in [0, 0.1) is 0 Å². The van der Waals surface area contributed by atoms with Crippen LogP contribution in [-0.2, 0) is 22.6 Å². The van der Waals surface area contributed by atoms with E-state index in [4.69, 9.17) is 0 Å². The van der Waals surface area contributed by atoms with Crippen molar-refractivity contribution in [3.8, 4) is 0 Å². The molecule has 1 fully saturated rings. The molecule has 0 radical (unpaired) electrons. The van der Waals surface area contributed by atoms with E-state index in [1.807, 2.05) is 18.2 Å². The normalized spacial score (nSPS) is 24.8. The lowest BCUT2D eigenvalue weighted by Crippen LogP contribution is -2.59. The minimum Gasteiger partial charge on any atom is -0.378 e. The third-order valence-corrected chi connectivity index (χ3v) is 4.73. The molecule has 118 valence electrons. The van der Waals surface area contributed by atoms with Crippen molar-refractivity contribution in [1.29, 1.82) is 0 Å². The number of likely N-dealkylation sites (tertiary alicyclic amines) is 1. The van der Waals surface area contributed by atoms with Gasteiger partial charge < -0.3 is 14.9 Å². The van der Waals surface area contributed by atoms with Crippen molar-refractivity contribution in [3.63, 3.8) is 0 Å². The summed E-state index contributed by atoms with van der Waals surface area (Å²) in [6, 6.07) is 8.10. The zero-order valence-electron chi connectivity index (χ0n) is 12.9. The lowest BCUT2D eigenvalue weighted by Gasteiger charge is -2.41. The van der Waals surface area contributed by atoms with Crippen molar-refractivity contribution in [2.45, 2.75) is 38.3 Å². The second kappa shape index (κ2) is 5.72. The first-order valence-electron chi connectivity index (χ1n) is 7.84. The monoisotopic (exact) mass is 302 g/mol. The molecule has 1 aromatic rings. The molecule has 0 bridgehead atoms. The summed E-state index contributed by atoms with van der Waals surface area (Å²) >= 11 is 0. The number of carbonyl (C=O) groups excluding carboxylic acids is 2. The molecule has 1 saturated heterocycles. The van der Waals surface area contributed by atoms with E-state index in [0.717, 1.165) is 12.0 Å². The van der Waals surface area contributed by atoms with E-state index in [1.54, 1.807) is 9.80 Å². The summed E-state index contributed by atoms with van der Waals surface area (Å²) in [6.07, 6.45) is 1.90. The fourth-order valence-electron chi connectivity index (χ4n) is 3.44. The molecule has 2 aliphatic heterocycles. The molecule has 22 heavy (non-hydrogen) atoms. The van der Waals surface area contributed by atoms with Crippen molar-refractivity contribution in [3.05, 3.63) is 35.4 Å². The molecule has 0 aliphatic carbocycles. The number of nitrogens with zero attached hydrogens (tertiary/aromatic N) is 2. The van der Waals surface area contributed by atoms with Gasteiger partial charge in [-0.05, 0) is 30.4 Å². The first kappa shape index (κ1) is 15.0. The number of rotatable bonds is 1. The summed E-state index contributed by atoms with van der Waals surface area (Å²) in [5, 5.41) is 10.8. The van der Waals surface area contributed by atoms with Crippen molar-refractivity contribution < 1.29 is 14.7 Å². The van der Waals surface area contributed by atoms with Crippen LogP contribution < -0.4 is 0 Å². The smallest absolute Gasteiger partial charge is 0.256 e. The second-order valence-electron chi connectivity index (χ2n) is 6.32. The number of β-amino-alcohol motifs (C(OH)–C–C–N with tert-alkyl or cyclic N) is 1. The van der Waals surface area contributed by atoms with Crippen molar-refractivity contribution in [2.75, 3.05) is 19.6 Å². The van der Waals surface area contributed by atoms with E-state index in [2.05, 4.69) is 6.07 Å². The minimum atomic E-state index is -1.43. The molecule has 2 amide bonds. The molecule has 2 heterocycles. The maximum Gasteiger partial charge on any atom is 0.256 e. The highest BCUT2D eigenvalue weighted by atomic mass is 16.3. The van der Waals surface area contributed by atoms with Crippen LogP contribution >= 0.6 is 0 Å². The predicted molar refractivity (Wildman–Crippen MR) is 82.0 cm³/mol. The van der Waals surface area contributed by atoms with Gasteiger partial charge in [0.1, 0.15) is 0 Å². The van der Waals surface area contributed by atoms with Gasteiger partial charge in [-0.2, -0.15) is 0 Å². The number of hydrogen-bond acceptors (Lipinski definition) is 3. The maximum atomic E-state index is 12.8. The SMILES string of the molecule is CC(=O)N1CCC[C@@](O)(C(=O)N2CCc3ccccc3C2)C1. The van der Waals surface area contributed by atoms with Gasteiger partial charge in [0, 0.05) is 26.6 Å². The molecule has 3 rings (SSSR count). The van der Waals surface area contributed by atoms with Crippen LogP contribution in [0.15, 0.2) is 24.3 Å². The van der Waals surface area contributed by atoms with Gasteiger partial charge in [-0.3, -0.25) is 9.59 Å². The highest BCUT2D eigenvalue weighted by Crippen LogP contribution is 2.27. The Morgan fingerprint density at radius 2 is 1.86 bits per heavy atom. The average molecular weight is 302 g/mol. The molecular weight excluding hydrogens is 280 g/mol. The summed E-state index contributed by atoms with van der Waals surface area (Å²) in [7, 11) is 0. The number of piperidine rings is 1. The zero-order valence-corrected chi connectivity index (χ0v) is 12.9. The molecule has 2 aliphatic rings. The van der Waals surface area contributed by atoms with E-state index in [0.29, 0.717) is 32.5 Å². The third kappa shape index (κ3) is 2.73. The number of fused-ring (bicyclic) bond motifs is 1. The molecule has 1 atom stereocenters. The number of carbonyl (C=O) groups is 2. The summed E-state index contributed by atoms with van der Waals surface area (Å²) in [5.41, 5.74) is 0.980. The Hall–Kier alpha value is -1.88. The van der Waals surface area contributed by atoms with E-state index in [-0.39, 0.29) is 18.4 Å². The molecule has 0 spiro atoms. The first-order valence-corrected chi connectivity index (χ1v) is 7.84. The molecule has 0 aromatic heterocycles. The maximum absolute atomic E-state index is 12.8. The Morgan fingerprint density at radius 3 is 2.59 bits per heavy atom. The summed E-state index contributed by atoms with van der Waals surface area (Å²) in [5.74, 6) is -0.331.